The summed E-state index contributed by atoms with van der Waals surface area (Å²) in [4.78, 5) is 25.2. The number of thioether (sulfide) groups is 1. The second-order valence-corrected chi connectivity index (χ2v) is 9.50. The molecule has 0 saturated heterocycles. The van der Waals surface area contributed by atoms with E-state index in [9.17, 15) is 9.59 Å². The number of hydrogen-bond donors (Lipinski definition) is 2. The van der Waals surface area contributed by atoms with Crippen LogP contribution in [0.4, 0.5) is 5.69 Å². The molecule has 2 heterocycles. The first-order valence-corrected chi connectivity index (χ1v) is 13.0. The van der Waals surface area contributed by atoms with Crippen LogP contribution in [0, 0.1) is 0 Å². The minimum absolute atomic E-state index is 0.122. The molecule has 0 unspecified atom stereocenters. The van der Waals surface area contributed by atoms with Gasteiger partial charge in [-0.05, 0) is 61.2 Å². The quantitative estimate of drug-likeness (QED) is 0.347. The molecule has 7 nitrogen and oxygen atoms in total. The Bertz CT molecular complexity index is 1040. The molecular weight excluding hydrogens is 442 g/mol. The molecule has 2 aromatic heterocycles. The normalized spacial score (nSPS) is 13.9. The van der Waals surface area contributed by atoms with Crippen LogP contribution in [-0.2, 0) is 6.42 Å². The molecule has 1 aromatic carbocycles. The summed E-state index contributed by atoms with van der Waals surface area (Å²) in [6.45, 7) is 0.571. The Kier molecular flexibility index (Phi) is 7.59. The van der Waals surface area contributed by atoms with Crippen LogP contribution in [0.5, 0.6) is 0 Å². The largest absolute Gasteiger partial charge is 0.352 e. The second kappa shape index (κ2) is 10.8. The Morgan fingerprint density at radius 3 is 2.59 bits per heavy atom. The zero-order chi connectivity index (χ0) is 22.3. The number of amides is 2. The fourth-order valence-electron chi connectivity index (χ4n) is 4.00. The van der Waals surface area contributed by atoms with E-state index in [4.69, 9.17) is 0 Å². The third-order valence-corrected chi connectivity index (χ3v) is 7.13. The van der Waals surface area contributed by atoms with Gasteiger partial charge in [0.25, 0.3) is 11.8 Å². The summed E-state index contributed by atoms with van der Waals surface area (Å²) in [6.07, 6.45) is 8.56. The van der Waals surface area contributed by atoms with Crippen molar-refractivity contribution in [1.29, 1.82) is 0 Å². The second-order valence-electron chi connectivity index (χ2n) is 7.78. The molecule has 1 fully saturated rings. The smallest absolute Gasteiger partial charge is 0.265 e. The van der Waals surface area contributed by atoms with Gasteiger partial charge in [-0.1, -0.05) is 30.7 Å². The van der Waals surface area contributed by atoms with Gasteiger partial charge in [0.05, 0.1) is 4.88 Å². The van der Waals surface area contributed by atoms with Crippen molar-refractivity contribution in [1.82, 2.24) is 20.1 Å². The van der Waals surface area contributed by atoms with Crippen molar-refractivity contribution in [3.8, 4) is 0 Å². The maximum absolute atomic E-state index is 12.5. The lowest BCUT2D eigenvalue weighted by Gasteiger charge is -2.16. The van der Waals surface area contributed by atoms with Gasteiger partial charge in [0.15, 0.2) is 5.16 Å². The Labute approximate surface area is 196 Å². The van der Waals surface area contributed by atoms with Crippen LogP contribution in [0.25, 0.3) is 0 Å². The maximum Gasteiger partial charge on any atom is 0.265 e. The van der Waals surface area contributed by atoms with Crippen molar-refractivity contribution in [2.24, 2.45) is 0 Å². The molecule has 0 aliphatic heterocycles. The van der Waals surface area contributed by atoms with Gasteiger partial charge in [0.2, 0.25) is 0 Å². The first-order chi connectivity index (χ1) is 15.7. The number of carbonyl (C=O) groups is 2. The number of carbonyl (C=O) groups excluding carboxylic acids is 2. The SMILES string of the molecule is CSc1nnc(CCCNC(=O)c2ccc(NC(=O)c3cccs3)cc2)n1C1CCCC1. The third-order valence-electron chi connectivity index (χ3n) is 5.62. The molecular formula is C23H27N5O2S2. The Morgan fingerprint density at radius 1 is 1.12 bits per heavy atom. The van der Waals surface area contributed by atoms with Gasteiger partial charge in [-0.2, -0.15) is 0 Å². The summed E-state index contributed by atoms with van der Waals surface area (Å²) in [5.41, 5.74) is 1.23. The Hall–Kier alpha value is -2.65. The number of rotatable bonds is 9. The van der Waals surface area contributed by atoms with E-state index >= 15 is 0 Å². The van der Waals surface area contributed by atoms with Crippen molar-refractivity contribution in [3.05, 3.63) is 58.0 Å². The van der Waals surface area contributed by atoms with Crippen LogP contribution in [0.15, 0.2) is 46.9 Å². The van der Waals surface area contributed by atoms with Gasteiger partial charge >= 0.3 is 0 Å². The van der Waals surface area contributed by atoms with Crippen molar-refractivity contribution in [2.75, 3.05) is 18.1 Å². The predicted octanol–water partition coefficient (Wildman–Crippen LogP) is 4.79. The van der Waals surface area contributed by atoms with E-state index in [2.05, 4.69) is 25.4 Å². The number of aromatic nitrogens is 3. The third kappa shape index (κ3) is 5.39. The van der Waals surface area contributed by atoms with E-state index in [0.29, 0.717) is 28.7 Å². The first kappa shape index (κ1) is 22.5. The highest BCUT2D eigenvalue weighted by atomic mass is 32.2. The van der Waals surface area contributed by atoms with Crippen molar-refractivity contribution >= 4 is 40.6 Å². The van der Waals surface area contributed by atoms with Crippen LogP contribution in [0.1, 0.15) is 64.0 Å². The van der Waals surface area contributed by atoms with E-state index in [-0.39, 0.29) is 11.8 Å². The van der Waals surface area contributed by atoms with Crippen LogP contribution < -0.4 is 10.6 Å². The number of nitrogens with zero attached hydrogens (tertiary/aromatic N) is 3. The van der Waals surface area contributed by atoms with Gasteiger partial charge < -0.3 is 15.2 Å². The fourth-order valence-corrected chi connectivity index (χ4v) is 5.19. The van der Waals surface area contributed by atoms with Crippen LogP contribution in [0.2, 0.25) is 0 Å². The molecule has 1 saturated carbocycles. The number of nitrogens with one attached hydrogen (secondary N) is 2. The monoisotopic (exact) mass is 469 g/mol. The average molecular weight is 470 g/mol. The molecule has 2 N–H and O–H groups in total. The molecule has 32 heavy (non-hydrogen) atoms. The zero-order valence-electron chi connectivity index (χ0n) is 18.0. The highest BCUT2D eigenvalue weighted by Crippen LogP contribution is 2.33. The van der Waals surface area contributed by atoms with Crippen molar-refractivity contribution < 1.29 is 9.59 Å². The predicted molar refractivity (Wildman–Crippen MR) is 129 cm³/mol. The topological polar surface area (TPSA) is 88.9 Å². The molecule has 1 aliphatic carbocycles. The number of benzene rings is 1. The summed E-state index contributed by atoms with van der Waals surface area (Å²) in [7, 11) is 0. The Morgan fingerprint density at radius 2 is 1.91 bits per heavy atom. The van der Waals surface area contributed by atoms with Gasteiger partial charge in [-0.3, -0.25) is 9.59 Å². The lowest BCUT2D eigenvalue weighted by atomic mass is 10.2. The minimum Gasteiger partial charge on any atom is -0.352 e. The molecule has 3 aromatic rings. The summed E-state index contributed by atoms with van der Waals surface area (Å²) in [5.74, 6) is 0.747. The number of hydrogen-bond acceptors (Lipinski definition) is 6. The summed E-state index contributed by atoms with van der Waals surface area (Å²) >= 11 is 3.03. The van der Waals surface area contributed by atoms with Gasteiger partial charge in [0, 0.05) is 30.3 Å². The van der Waals surface area contributed by atoms with Crippen molar-refractivity contribution in [2.45, 2.75) is 49.7 Å². The van der Waals surface area contributed by atoms with Gasteiger partial charge in [-0.15, -0.1) is 21.5 Å². The van der Waals surface area contributed by atoms with Crippen molar-refractivity contribution in [3.63, 3.8) is 0 Å². The Balaban J connectivity index is 1.26. The molecule has 2 amide bonds. The maximum atomic E-state index is 12.5. The van der Waals surface area contributed by atoms with E-state index in [0.717, 1.165) is 23.8 Å². The first-order valence-electron chi connectivity index (χ1n) is 10.9. The number of anilines is 1. The lowest BCUT2D eigenvalue weighted by Crippen LogP contribution is -2.25. The molecule has 168 valence electrons. The average Bonchev–Trinajstić information content (AvgIpc) is 3.58. The lowest BCUT2D eigenvalue weighted by molar-refractivity contribution is 0.0952. The fraction of sp³-hybridized carbons (Fsp3) is 0.391. The molecule has 4 rings (SSSR count). The van der Waals surface area contributed by atoms with Crippen LogP contribution >= 0.6 is 23.1 Å². The highest BCUT2D eigenvalue weighted by molar-refractivity contribution is 7.98. The van der Waals surface area contributed by atoms with Crippen LogP contribution in [-0.4, -0.2) is 39.4 Å². The van der Waals surface area contributed by atoms with Gasteiger partial charge in [-0.25, -0.2) is 0 Å². The molecule has 0 spiro atoms. The van der Waals surface area contributed by atoms with Gasteiger partial charge in [0.1, 0.15) is 5.82 Å². The molecule has 0 bridgehead atoms. The van der Waals surface area contributed by atoms with E-state index in [1.165, 1.54) is 37.0 Å². The highest BCUT2D eigenvalue weighted by Gasteiger charge is 2.23. The molecule has 1 aliphatic rings. The number of thiophene rings is 1. The number of aryl methyl sites for hydroxylation is 1. The van der Waals surface area contributed by atoms with Crippen LogP contribution in [0.3, 0.4) is 0 Å². The summed E-state index contributed by atoms with van der Waals surface area (Å²) in [5, 5.41) is 17.4. The van der Waals surface area contributed by atoms with E-state index in [1.807, 2.05) is 17.7 Å². The van der Waals surface area contributed by atoms with E-state index in [1.54, 1.807) is 42.1 Å². The van der Waals surface area contributed by atoms with E-state index < -0.39 is 0 Å². The molecule has 9 heteroatoms. The minimum atomic E-state index is -0.146. The molecule has 0 radical (unpaired) electrons. The summed E-state index contributed by atoms with van der Waals surface area (Å²) in [6, 6.07) is 11.1. The molecule has 0 atom stereocenters. The standard InChI is InChI=1S/C23H27N5O2S2/c1-31-23-27-26-20(28(23)18-6-2-3-7-18)9-4-14-24-21(29)16-10-12-17(13-11-16)25-22(30)19-8-5-15-32-19/h5,8,10-13,15,18H,2-4,6-7,9,14H2,1H3,(H,24,29)(H,25,30). The summed E-state index contributed by atoms with van der Waals surface area (Å²) < 4.78 is 2.31. The zero-order valence-corrected chi connectivity index (χ0v) is 19.7.